The second-order valence-corrected chi connectivity index (χ2v) is 20.9. The lowest BCUT2D eigenvalue weighted by atomic mass is 9.90. The number of aliphatic imine (C=N–C) groups is 2. The molecule has 326 valence electrons. The monoisotopic (exact) mass is 892 g/mol. The Morgan fingerprint density at radius 1 is 0.515 bits per heavy atom. The molecule has 8 aromatic carbocycles. The van der Waals surface area contributed by atoms with Crippen LogP contribution in [0.25, 0.3) is 60.5 Å². The average Bonchev–Trinajstić information content (AvgIpc) is 4.13. The normalized spacial score (nSPS) is 19.0. The van der Waals surface area contributed by atoms with Crippen molar-refractivity contribution in [2.45, 2.75) is 38.1 Å². The fraction of sp³-hybridized carbons (Fsp3) is 0.125. The molecule has 3 unspecified atom stereocenters. The lowest BCUT2D eigenvalue weighted by Gasteiger charge is -2.25. The number of amidine groups is 1. The van der Waals surface area contributed by atoms with Gasteiger partial charge in [-0.15, -0.1) is 0 Å². The highest BCUT2D eigenvalue weighted by Crippen LogP contribution is 2.54. The number of benzene rings is 8. The van der Waals surface area contributed by atoms with E-state index in [0.29, 0.717) is 11.8 Å². The molecule has 0 N–H and O–H groups in total. The summed E-state index contributed by atoms with van der Waals surface area (Å²) in [6.07, 6.45) is 16.8. The van der Waals surface area contributed by atoms with Gasteiger partial charge in [-0.3, -0.25) is 4.99 Å². The fourth-order valence-electron chi connectivity index (χ4n) is 11.1. The molecule has 4 aliphatic rings. The fourth-order valence-corrected chi connectivity index (χ4v) is 13.6. The molecule has 3 aliphatic carbocycles. The summed E-state index contributed by atoms with van der Waals surface area (Å²) in [5.41, 5.74) is 14.0. The van der Waals surface area contributed by atoms with E-state index >= 15 is 0 Å². The van der Waals surface area contributed by atoms with E-state index in [-0.39, 0.29) is 6.04 Å². The molecule has 0 bridgehead atoms. The van der Waals surface area contributed by atoms with E-state index in [2.05, 4.69) is 218 Å². The van der Waals surface area contributed by atoms with Gasteiger partial charge in [-0.2, -0.15) is 0 Å². The largest absolute Gasteiger partial charge is 0.455 e. The molecular formula is C64H49N2OP. The summed E-state index contributed by atoms with van der Waals surface area (Å²) in [5.74, 6) is 1.75. The van der Waals surface area contributed by atoms with Gasteiger partial charge in [-0.25, -0.2) is 4.99 Å². The van der Waals surface area contributed by atoms with Crippen molar-refractivity contribution in [2.75, 3.05) is 0 Å². The van der Waals surface area contributed by atoms with Crippen molar-refractivity contribution in [3.05, 3.63) is 246 Å². The van der Waals surface area contributed by atoms with Crippen molar-refractivity contribution in [2.24, 2.45) is 21.8 Å². The van der Waals surface area contributed by atoms with Crippen molar-refractivity contribution in [3.8, 4) is 22.3 Å². The van der Waals surface area contributed by atoms with Crippen LogP contribution in [-0.2, 0) is 0 Å². The Hall–Kier alpha value is -7.45. The first kappa shape index (κ1) is 40.8. The lowest BCUT2D eigenvalue weighted by molar-refractivity contribution is 0.622. The van der Waals surface area contributed by atoms with Crippen LogP contribution in [0.2, 0.25) is 0 Å². The molecule has 2 heterocycles. The Morgan fingerprint density at radius 2 is 1.19 bits per heavy atom. The number of rotatable bonds is 9. The predicted molar refractivity (Wildman–Crippen MR) is 288 cm³/mol. The summed E-state index contributed by atoms with van der Waals surface area (Å²) in [7, 11) is -0.622. The van der Waals surface area contributed by atoms with Crippen molar-refractivity contribution in [3.63, 3.8) is 0 Å². The van der Waals surface area contributed by atoms with Crippen LogP contribution < -0.4 is 10.6 Å². The summed E-state index contributed by atoms with van der Waals surface area (Å²) in [6.45, 7) is 0. The maximum absolute atomic E-state index is 6.87. The minimum absolute atomic E-state index is 0.0860. The van der Waals surface area contributed by atoms with Gasteiger partial charge in [-0.1, -0.05) is 194 Å². The molecule has 0 saturated heterocycles. The average molecular weight is 893 g/mol. The van der Waals surface area contributed by atoms with Crippen molar-refractivity contribution in [1.82, 2.24) is 0 Å². The predicted octanol–water partition coefficient (Wildman–Crippen LogP) is 16.1. The maximum atomic E-state index is 6.87. The van der Waals surface area contributed by atoms with E-state index < -0.39 is 7.92 Å². The molecule has 0 radical (unpaired) electrons. The number of allylic oxidation sites excluding steroid dienone is 8. The molecule has 9 aromatic rings. The first-order valence-corrected chi connectivity index (χ1v) is 25.5. The Balaban J connectivity index is 0.891. The lowest BCUT2D eigenvalue weighted by Crippen LogP contribution is -2.13. The highest BCUT2D eigenvalue weighted by molar-refractivity contribution is 7.76. The zero-order chi connectivity index (χ0) is 45.0. The van der Waals surface area contributed by atoms with Gasteiger partial charge >= 0.3 is 0 Å². The van der Waals surface area contributed by atoms with Gasteiger partial charge in [0, 0.05) is 33.4 Å². The Kier molecular flexibility index (Phi) is 10.4. The molecule has 1 saturated carbocycles. The van der Waals surface area contributed by atoms with Crippen LogP contribution in [0.5, 0.6) is 0 Å². The van der Waals surface area contributed by atoms with Crippen LogP contribution in [0.4, 0.5) is 0 Å². The van der Waals surface area contributed by atoms with Gasteiger partial charge < -0.3 is 4.42 Å². The van der Waals surface area contributed by atoms with Crippen LogP contribution in [0, 0.1) is 11.8 Å². The number of nitrogens with zero attached hydrogens (tertiary/aromatic N) is 2. The topological polar surface area (TPSA) is 37.9 Å². The van der Waals surface area contributed by atoms with E-state index in [4.69, 9.17) is 14.4 Å². The number of hydrogen-bond donors (Lipinski definition) is 0. The van der Waals surface area contributed by atoms with Crippen LogP contribution in [0.15, 0.2) is 244 Å². The molecule has 1 aromatic heterocycles. The van der Waals surface area contributed by atoms with Gasteiger partial charge in [0.05, 0.1) is 6.04 Å². The van der Waals surface area contributed by atoms with Gasteiger partial charge in [0.2, 0.25) is 0 Å². The summed E-state index contributed by atoms with van der Waals surface area (Å²) < 4.78 is 6.87. The maximum Gasteiger partial charge on any atom is 0.155 e. The standard InChI is InChI=1S/C64H49N2OP/c1-5-18-43(19-6-1)61-56-41-57(56)62(44-20-7-2-8-21-44)66-64(65-61)48-25-16-23-46(39-48)45-22-15-24-47(38-45)52-32-17-33-59-60(52)58-40-55(53-30-13-14-31-54(53)63(58)67-59)42-34-36-51(37-35-42)68(49-26-9-3-10-27-49)50-28-11-4-12-29-50/h1-7,9-20,22-34,36,38-40,56-57,61H,8,21,35,37,41H2. The minimum atomic E-state index is -0.622. The Morgan fingerprint density at radius 3 is 1.91 bits per heavy atom. The Labute approximate surface area is 399 Å². The first-order chi connectivity index (χ1) is 33.7. The summed E-state index contributed by atoms with van der Waals surface area (Å²) in [5, 5.41) is 8.98. The first-order valence-electron chi connectivity index (χ1n) is 24.2. The van der Waals surface area contributed by atoms with E-state index in [1.165, 1.54) is 54.9 Å². The van der Waals surface area contributed by atoms with E-state index in [9.17, 15) is 0 Å². The van der Waals surface area contributed by atoms with Gasteiger partial charge in [0.15, 0.2) is 5.84 Å². The number of hydrogen-bond acceptors (Lipinski definition) is 3. The second-order valence-electron chi connectivity index (χ2n) is 18.6. The smallest absolute Gasteiger partial charge is 0.155 e. The molecule has 1 aliphatic heterocycles. The van der Waals surface area contributed by atoms with Crippen LogP contribution in [0.1, 0.15) is 54.8 Å². The van der Waals surface area contributed by atoms with E-state index in [1.807, 2.05) is 0 Å². The highest BCUT2D eigenvalue weighted by atomic mass is 31.1. The summed E-state index contributed by atoms with van der Waals surface area (Å²) in [6, 6.07) is 68.6. The second kappa shape index (κ2) is 17.3. The quantitative estimate of drug-likeness (QED) is 0.133. The van der Waals surface area contributed by atoms with Crippen LogP contribution in [0.3, 0.4) is 0 Å². The van der Waals surface area contributed by atoms with Gasteiger partial charge in [-0.05, 0) is 136 Å². The van der Waals surface area contributed by atoms with Crippen LogP contribution in [-0.4, -0.2) is 11.5 Å². The SMILES string of the molecule is C1=CCCC(C2=NC(c3cccc(-c4cccc(-c5cccc6oc7c8ccccc8c(C8=CC=C(P(c9ccccc9)c9ccccc9)CC8)cc7c56)c4)c3)=NC(c3ccccc3)C3CC23)=C1. The van der Waals surface area contributed by atoms with Crippen molar-refractivity contribution >= 4 is 68.4 Å². The zero-order valence-electron chi connectivity index (χ0n) is 37.8. The van der Waals surface area contributed by atoms with Crippen molar-refractivity contribution in [1.29, 1.82) is 0 Å². The summed E-state index contributed by atoms with van der Waals surface area (Å²) in [4.78, 5) is 11.0. The van der Waals surface area contributed by atoms with E-state index in [1.54, 1.807) is 0 Å². The molecule has 3 atom stereocenters. The van der Waals surface area contributed by atoms with Gasteiger partial charge in [0.1, 0.15) is 11.2 Å². The van der Waals surface area contributed by atoms with Gasteiger partial charge in [0.25, 0.3) is 0 Å². The molecule has 4 heteroatoms. The molecule has 68 heavy (non-hydrogen) atoms. The third kappa shape index (κ3) is 7.43. The highest BCUT2D eigenvalue weighted by Gasteiger charge is 2.49. The molecular weight excluding hydrogens is 844 g/mol. The number of fused-ring (bicyclic) bond motifs is 6. The van der Waals surface area contributed by atoms with Crippen LogP contribution >= 0.6 is 7.92 Å². The molecule has 13 rings (SSSR count). The third-order valence-corrected chi connectivity index (χ3v) is 17.1. The number of furan rings is 1. The molecule has 3 nitrogen and oxygen atoms in total. The summed E-state index contributed by atoms with van der Waals surface area (Å²) >= 11 is 0. The van der Waals surface area contributed by atoms with E-state index in [0.717, 1.165) is 87.5 Å². The Bertz CT molecular complexity index is 3570. The third-order valence-electron chi connectivity index (χ3n) is 14.5. The molecule has 1 fully saturated rings. The minimum Gasteiger partial charge on any atom is -0.455 e. The zero-order valence-corrected chi connectivity index (χ0v) is 38.7. The molecule has 0 spiro atoms. The molecule has 0 amide bonds. The van der Waals surface area contributed by atoms with Crippen molar-refractivity contribution < 1.29 is 4.42 Å².